The van der Waals surface area contributed by atoms with Crippen molar-refractivity contribution in [3.63, 3.8) is 0 Å². The van der Waals surface area contributed by atoms with Crippen molar-refractivity contribution < 1.29 is 19.4 Å². The van der Waals surface area contributed by atoms with Crippen LogP contribution in [0.3, 0.4) is 0 Å². The van der Waals surface area contributed by atoms with Crippen molar-refractivity contribution in [2.24, 2.45) is 0 Å². The predicted octanol–water partition coefficient (Wildman–Crippen LogP) is 3.42. The topological polar surface area (TPSA) is 93.6 Å². The fourth-order valence-electron chi connectivity index (χ4n) is 3.49. The summed E-state index contributed by atoms with van der Waals surface area (Å²) >= 11 is 0. The molecule has 0 atom stereocenters. The van der Waals surface area contributed by atoms with Crippen LogP contribution in [0.25, 0.3) is 21.8 Å². The van der Waals surface area contributed by atoms with E-state index in [0.29, 0.717) is 17.6 Å². The maximum Gasteiger partial charge on any atom is 0.358 e. The van der Waals surface area contributed by atoms with Crippen LogP contribution >= 0.6 is 0 Å². The first-order chi connectivity index (χ1) is 14.0. The van der Waals surface area contributed by atoms with Gasteiger partial charge in [0.15, 0.2) is 11.4 Å². The number of benzene rings is 2. The number of aromatic nitrogens is 2. The number of para-hydroxylation sites is 1. The lowest BCUT2D eigenvalue weighted by atomic mass is 10.1. The van der Waals surface area contributed by atoms with Gasteiger partial charge in [0.05, 0.1) is 31.3 Å². The van der Waals surface area contributed by atoms with Crippen LogP contribution in [-0.2, 0) is 11.3 Å². The number of nitrogens with zero attached hydrogens (tertiary/aromatic N) is 1. The van der Waals surface area contributed by atoms with Gasteiger partial charge in [-0.25, -0.2) is 4.79 Å². The lowest BCUT2D eigenvalue weighted by molar-refractivity contribution is 0.0517. The number of nitrogens with one attached hydrogen (secondary N) is 1. The number of hydrogen-bond acceptors (Lipinski definition) is 5. The maximum absolute atomic E-state index is 13.3. The molecule has 0 saturated heterocycles. The van der Waals surface area contributed by atoms with Gasteiger partial charge in [0.25, 0.3) is 5.56 Å². The Balaban J connectivity index is 1.96. The molecule has 0 saturated carbocycles. The van der Waals surface area contributed by atoms with Gasteiger partial charge in [-0.05, 0) is 30.7 Å². The first kappa shape index (κ1) is 18.6. The van der Waals surface area contributed by atoms with Crippen molar-refractivity contribution in [2.75, 3.05) is 13.7 Å². The normalized spacial score (nSPS) is 11.1. The zero-order chi connectivity index (χ0) is 20.5. The number of fused-ring (bicyclic) bond motifs is 3. The summed E-state index contributed by atoms with van der Waals surface area (Å²) in [6.07, 6.45) is 0. The molecular formula is C22H20N2O5. The highest BCUT2D eigenvalue weighted by Gasteiger charge is 2.23. The van der Waals surface area contributed by atoms with Gasteiger partial charge < -0.3 is 24.1 Å². The molecule has 0 bridgehead atoms. The lowest BCUT2D eigenvalue weighted by Crippen LogP contribution is -2.21. The third-order valence-corrected chi connectivity index (χ3v) is 4.88. The number of methoxy groups -OCH3 is 1. The number of H-pyrrole nitrogens is 1. The summed E-state index contributed by atoms with van der Waals surface area (Å²) < 4.78 is 11.8. The zero-order valence-electron chi connectivity index (χ0n) is 16.1. The fourth-order valence-corrected chi connectivity index (χ4v) is 3.49. The third-order valence-electron chi connectivity index (χ3n) is 4.88. The summed E-state index contributed by atoms with van der Waals surface area (Å²) in [6, 6.07) is 14.8. The molecule has 0 fully saturated rings. The van der Waals surface area contributed by atoms with Crippen molar-refractivity contribution in [3.05, 3.63) is 70.1 Å². The molecule has 7 nitrogen and oxygen atoms in total. The van der Waals surface area contributed by atoms with Crippen LogP contribution in [0.1, 0.15) is 23.0 Å². The Labute approximate surface area is 166 Å². The molecule has 0 aliphatic carbocycles. The van der Waals surface area contributed by atoms with E-state index in [9.17, 15) is 14.7 Å². The standard InChI is InChI=1S/C22H20N2O5/c1-3-29-22(27)19-20(25)17-18(23-19)15-6-4-5-7-16(15)24(21(17)26)12-13-8-10-14(28-2)11-9-13/h4-11,23,25H,3,12H2,1-2H3. The molecule has 0 spiro atoms. The highest BCUT2D eigenvalue weighted by Crippen LogP contribution is 2.32. The number of pyridine rings is 1. The number of esters is 1. The summed E-state index contributed by atoms with van der Waals surface area (Å²) in [7, 11) is 1.59. The van der Waals surface area contributed by atoms with Gasteiger partial charge in [0.1, 0.15) is 11.1 Å². The highest BCUT2D eigenvalue weighted by molar-refractivity contribution is 6.10. The molecule has 0 radical (unpaired) electrons. The van der Waals surface area contributed by atoms with E-state index in [0.717, 1.165) is 16.7 Å². The molecule has 2 N–H and O–H groups in total. The Morgan fingerprint density at radius 3 is 2.55 bits per heavy atom. The third kappa shape index (κ3) is 3.10. The van der Waals surface area contributed by atoms with E-state index in [-0.39, 0.29) is 23.2 Å². The monoisotopic (exact) mass is 392 g/mol. The van der Waals surface area contributed by atoms with E-state index in [2.05, 4.69) is 4.98 Å². The SMILES string of the molecule is CCOC(=O)c1[nH]c2c(c1O)c(=O)n(Cc1ccc(OC)cc1)c1ccccc21. The number of carbonyl (C=O) groups excluding carboxylic acids is 1. The lowest BCUT2D eigenvalue weighted by Gasteiger charge is -2.12. The molecule has 2 heterocycles. The van der Waals surface area contributed by atoms with Crippen LogP contribution in [0.2, 0.25) is 0 Å². The number of aromatic hydroxyl groups is 1. The molecule has 2 aromatic carbocycles. The zero-order valence-corrected chi connectivity index (χ0v) is 16.1. The van der Waals surface area contributed by atoms with Gasteiger partial charge in [-0.1, -0.05) is 30.3 Å². The largest absolute Gasteiger partial charge is 0.505 e. The number of rotatable bonds is 5. The molecule has 4 aromatic rings. The van der Waals surface area contributed by atoms with E-state index < -0.39 is 11.7 Å². The summed E-state index contributed by atoms with van der Waals surface area (Å²) in [5.41, 5.74) is 1.50. The second-order valence-corrected chi connectivity index (χ2v) is 6.58. The molecule has 7 heteroatoms. The van der Waals surface area contributed by atoms with Gasteiger partial charge in [0, 0.05) is 5.39 Å². The van der Waals surface area contributed by atoms with Gasteiger partial charge in [-0.3, -0.25) is 4.79 Å². The number of ether oxygens (including phenoxy) is 2. The van der Waals surface area contributed by atoms with E-state index in [1.807, 2.05) is 48.5 Å². The van der Waals surface area contributed by atoms with Crippen LogP contribution in [-0.4, -0.2) is 34.3 Å². The van der Waals surface area contributed by atoms with E-state index in [1.54, 1.807) is 18.6 Å². The van der Waals surface area contributed by atoms with Crippen LogP contribution in [0.5, 0.6) is 11.5 Å². The smallest absolute Gasteiger partial charge is 0.358 e. The first-order valence-corrected chi connectivity index (χ1v) is 9.21. The molecule has 0 unspecified atom stereocenters. The molecule has 0 aliphatic rings. The number of aromatic amines is 1. The van der Waals surface area contributed by atoms with E-state index in [4.69, 9.17) is 9.47 Å². The van der Waals surface area contributed by atoms with Crippen LogP contribution in [0.4, 0.5) is 0 Å². The number of carbonyl (C=O) groups is 1. The van der Waals surface area contributed by atoms with Gasteiger partial charge in [-0.15, -0.1) is 0 Å². The van der Waals surface area contributed by atoms with Gasteiger partial charge in [0.2, 0.25) is 0 Å². The molecular weight excluding hydrogens is 372 g/mol. The Morgan fingerprint density at radius 2 is 1.86 bits per heavy atom. The molecule has 0 amide bonds. The van der Waals surface area contributed by atoms with Crippen molar-refractivity contribution in [1.29, 1.82) is 0 Å². The Bertz CT molecular complexity index is 1270. The quantitative estimate of drug-likeness (QED) is 0.508. The van der Waals surface area contributed by atoms with Crippen molar-refractivity contribution in [1.82, 2.24) is 9.55 Å². The molecule has 2 aromatic heterocycles. The van der Waals surface area contributed by atoms with Crippen molar-refractivity contribution >= 4 is 27.8 Å². The minimum Gasteiger partial charge on any atom is -0.505 e. The summed E-state index contributed by atoms with van der Waals surface area (Å²) in [6.45, 7) is 2.14. The molecule has 29 heavy (non-hydrogen) atoms. The minimum absolute atomic E-state index is 0.0697. The van der Waals surface area contributed by atoms with Crippen LogP contribution in [0, 0.1) is 0 Å². The van der Waals surface area contributed by atoms with E-state index in [1.165, 1.54) is 0 Å². The average Bonchev–Trinajstić information content (AvgIpc) is 3.09. The van der Waals surface area contributed by atoms with Gasteiger partial charge in [-0.2, -0.15) is 0 Å². The Morgan fingerprint density at radius 1 is 1.14 bits per heavy atom. The average molecular weight is 392 g/mol. The summed E-state index contributed by atoms with van der Waals surface area (Å²) in [4.78, 5) is 28.4. The maximum atomic E-state index is 13.3. The minimum atomic E-state index is -0.702. The fraction of sp³-hybridized carbons (Fsp3) is 0.182. The highest BCUT2D eigenvalue weighted by atomic mass is 16.5. The van der Waals surface area contributed by atoms with Crippen molar-refractivity contribution in [2.45, 2.75) is 13.5 Å². The Hall–Kier alpha value is -3.74. The second-order valence-electron chi connectivity index (χ2n) is 6.58. The second kappa shape index (κ2) is 7.35. The van der Waals surface area contributed by atoms with Crippen LogP contribution < -0.4 is 10.3 Å². The molecule has 0 aliphatic heterocycles. The van der Waals surface area contributed by atoms with E-state index >= 15 is 0 Å². The van der Waals surface area contributed by atoms with Crippen molar-refractivity contribution in [3.8, 4) is 11.5 Å². The Kier molecular flexibility index (Phi) is 4.72. The molecule has 148 valence electrons. The van der Waals surface area contributed by atoms with Gasteiger partial charge >= 0.3 is 5.97 Å². The summed E-state index contributed by atoms with van der Waals surface area (Å²) in [5, 5.41) is 11.4. The van der Waals surface area contributed by atoms with Crippen LogP contribution in [0.15, 0.2) is 53.3 Å². The summed E-state index contributed by atoms with van der Waals surface area (Å²) in [5.74, 6) is -0.368. The number of hydrogen-bond donors (Lipinski definition) is 2. The predicted molar refractivity (Wildman–Crippen MR) is 110 cm³/mol. The molecule has 4 rings (SSSR count). The first-order valence-electron chi connectivity index (χ1n) is 9.21.